The normalized spacial score (nSPS) is 15.8. The van der Waals surface area contributed by atoms with Crippen LogP contribution in [0.3, 0.4) is 0 Å². The fourth-order valence-corrected chi connectivity index (χ4v) is 4.26. The molecule has 0 radical (unpaired) electrons. The molecule has 29 heavy (non-hydrogen) atoms. The minimum Gasteiger partial charge on any atom is -0.588 e. The zero-order valence-electron chi connectivity index (χ0n) is 15.4. The lowest BCUT2D eigenvalue weighted by molar-refractivity contribution is 0.0956. The molecule has 0 spiro atoms. The van der Waals surface area contributed by atoms with Gasteiger partial charge in [0.25, 0.3) is 0 Å². The van der Waals surface area contributed by atoms with Gasteiger partial charge >= 0.3 is 5.91 Å². The van der Waals surface area contributed by atoms with Crippen LogP contribution >= 0.6 is 11.6 Å². The summed E-state index contributed by atoms with van der Waals surface area (Å²) in [5.41, 5.74) is 1.46. The minimum absolute atomic E-state index is 0.153. The van der Waals surface area contributed by atoms with Crippen molar-refractivity contribution in [3.05, 3.63) is 58.6 Å². The van der Waals surface area contributed by atoms with E-state index in [0.717, 1.165) is 19.5 Å². The Labute approximate surface area is 174 Å². The Hall–Kier alpha value is -2.26. The standard InChI is InChI=1S/C20H18ClFN2O4S/c1-11(25)12-3-4-15(21)19(7-12)29(27)23-20(26)18-10-14-16(22)8-13(9-17(14)28-18)24-5-2-6-24/h3-4,7-11,25H,2,5-6H2,1H3,(H,23,26). The molecule has 1 aliphatic rings. The number of hydrogen-bond donors (Lipinski definition) is 2. The van der Waals surface area contributed by atoms with Crippen LogP contribution in [-0.4, -0.2) is 28.7 Å². The van der Waals surface area contributed by atoms with Crippen molar-refractivity contribution in [2.45, 2.75) is 24.3 Å². The number of furan rings is 1. The summed E-state index contributed by atoms with van der Waals surface area (Å²) in [6.45, 7) is 3.26. The van der Waals surface area contributed by atoms with Crippen molar-refractivity contribution in [3.8, 4) is 0 Å². The number of aliphatic hydroxyl groups is 1. The maximum absolute atomic E-state index is 14.4. The van der Waals surface area contributed by atoms with Gasteiger partial charge in [0.15, 0.2) is 10.7 Å². The molecule has 1 saturated heterocycles. The number of carbonyl (C=O) groups is 1. The molecular formula is C20H18ClFN2O4S. The zero-order chi connectivity index (χ0) is 20.7. The Kier molecular flexibility index (Phi) is 5.44. The molecular weight excluding hydrogens is 419 g/mol. The van der Waals surface area contributed by atoms with Gasteiger partial charge in [0.05, 0.1) is 16.5 Å². The van der Waals surface area contributed by atoms with Gasteiger partial charge in [0.1, 0.15) is 22.8 Å². The van der Waals surface area contributed by atoms with Crippen LogP contribution in [0.4, 0.5) is 10.1 Å². The van der Waals surface area contributed by atoms with E-state index in [1.54, 1.807) is 19.1 Å². The molecule has 1 fully saturated rings. The van der Waals surface area contributed by atoms with E-state index < -0.39 is 29.2 Å². The van der Waals surface area contributed by atoms with Crippen molar-refractivity contribution in [2.24, 2.45) is 0 Å². The van der Waals surface area contributed by atoms with Gasteiger partial charge in [-0.1, -0.05) is 17.7 Å². The van der Waals surface area contributed by atoms with Gasteiger partial charge in [-0.2, -0.15) is 4.72 Å². The van der Waals surface area contributed by atoms with Crippen LogP contribution < -0.4 is 9.62 Å². The van der Waals surface area contributed by atoms with Crippen molar-refractivity contribution in [1.82, 2.24) is 4.72 Å². The second-order valence-electron chi connectivity index (χ2n) is 6.86. The van der Waals surface area contributed by atoms with E-state index in [1.165, 1.54) is 24.3 Å². The molecule has 1 amide bonds. The largest absolute Gasteiger partial charge is 0.588 e. The number of nitrogens with zero attached hydrogens (tertiary/aromatic N) is 1. The first-order valence-corrected chi connectivity index (χ1v) is 10.5. The van der Waals surface area contributed by atoms with Crippen LogP contribution in [0.15, 0.2) is 45.7 Å². The molecule has 1 aliphatic heterocycles. The van der Waals surface area contributed by atoms with Crippen molar-refractivity contribution in [3.63, 3.8) is 0 Å². The summed E-state index contributed by atoms with van der Waals surface area (Å²) in [5, 5.41) is 10.1. The number of amides is 1. The van der Waals surface area contributed by atoms with E-state index >= 15 is 0 Å². The van der Waals surface area contributed by atoms with Crippen molar-refractivity contribution in [2.75, 3.05) is 18.0 Å². The van der Waals surface area contributed by atoms with E-state index in [-0.39, 0.29) is 26.6 Å². The molecule has 2 aromatic carbocycles. The molecule has 4 rings (SSSR count). The SMILES string of the molecule is CC(O)c1ccc(Cl)c([S+]([O-])NC(=O)c2cc3c(F)cc(N4CCC4)cc3o2)c1. The Morgan fingerprint density at radius 3 is 2.76 bits per heavy atom. The van der Waals surface area contributed by atoms with E-state index in [1.807, 2.05) is 4.90 Å². The highest BCUT2D eigenvalue weighted by Gasteiger charge is 2.25. The molecule has 2 atom stereocenters. The molecule has 9 heteroatoms. The third-order valence-electron chi connectivity index (χ3n) is 4.84. The topological polar surface area (TPSA) is 88.8 Å². The number of fused-ring (bicyclic) bond motifs is 1. The molecule has 1 aromatic heterocycles. The summed E-state index contributed by atoms with van der Waals surface area (Å²) in [6.07, 6.45) is 0.272. The number of anilines is 1. The maximum Gasteiger partial charge on any atom is 0.328 e. The summed E-state index contributed by atoms with van der Waals surface area (Å²) >= 11 is 4.08. The number of rotatable bonds is 5. The van der Waals surface area contributed by atoms with Crippen LogP contribution in [0.25, 0.3) is 11.0 Å². The van der Waals surface area contributed by atoms with Gasteiger partial charge in [-0.15, -0.1) is 0 Å². The minimum atomic E-state index is -1.99. The first-order valence-electron chi connectivity index (χ1n) is 9.02. The summed E-state index contributed by atoms with van der Waals surface area (Å²) < 4.78 is 34.8. The maximum atomic E-state index is 14.4. The highest BCUT2D eigenvalue weighted by molar-refractivity contribution is 7.90. The van der Waals surface area contributed by atoms with E-state index in [4.69, 9.17) is 16.0 Å². The Balaban J connectivity index is 1.57. The van der Waals surface area contributed by atoms with Gasteiger partial charge in [-0.05, 0) is 31.0 Å². The summed E-state index contributed by atoms with van der Waals surface area (Å²) in [5.74, 6) is -1.40. The average molecular weight is 437 g/mol. The van der Waals surface area contributed by atoms with Crippen LogP contribution in [0.1, 0.15) is 35.6 Å². The van der Waals surface area contributed by atoms with Gasteiger partial charge in [-0.25, -0.2) is 4.39 Å². The van der Waals surface area contributed by atoms with Crippen LogP contribution in [-0.2, 0) is 11.4 Å². The Morgan fingerprint density at radius 1 is 1.34 bits per heavy atom. The van der Waals surface area contributed by atoms with Gasteiger partial charge in [0.2, 0.25) is 0 Å². The third kappa shape index (κ3) is 3.93. The van der Waals surface area contributed by atoms with Crippen LogP contribution in [0, 0.1) is 5.82 Å². The number of carbonyl (C=O) groups excluding carboxylic acids is 1. The first kappa shape index (κ1) is 20.0. The molecule has 0 bridgehead atoms. The van der Waals surface area contributed by atoms with Gasteiger partial charge < -0.3 is 19.0 Å². The lowest BCUT2D eigenvalue weighted by Gasteiger charge is -2.33. The average Bonchev–Trinajstić information content (AvgIpc) is 3.05. The number of hydrogen-bond acceptors (Lipinski definition) is 5. The van der Waals surface area contributed by atoms with Crippen molar-refractivity contribution < 1.29 is 23.3 Å². The predicted octanol–water partition coefficient (Wildman–Crippen LogP) is 3.94. The van der Waals surface area contributed by atoms with Crippen molar-refractivity contribution in [1.29, 1.82) is 0 Å². The zero-order valence-corrected chi connectivity index (χ0v) is 17.0. The Bertz CT molecular complexity index is 1080. The molecule has 2 N–H and O–H groups in total. The van der Waals surface area contributed by atoms with Gasteiger partial charge in [-0.3, -0.25) is 4.79 Å². The molecule has 3 aromatic rings. The quantitative estimate of drug-likeness (QED) is 0.591. The lowest BCUT2D eigenvalue weighted by Crippen LogP contribution is -2.36. The smallest absolute Gasteiger partial charge is 0.328 e. The first-order chi connectivity index (χ1) is 13.8. The molecule has 0 saturated carbocycles. The number of benzene rings is 2. The predicted molar refractivity (Wildman–Crippen MR) is 109 cm³/mol. The third-order valence-corrected chi connectivity index (χ3v) is 6.39. The van der Waals surface area contributed by atoms with Crippen LogP contribution in [0.2, 0.25) is 5.02 Å². The fourth-order valence-electron chi connectivity index (χ4n) is 3.06. The van der Waals surface area contributed by atoms with Crippen LogP contribution in [0.5, 0.6) is 0 Å². The summed E-state index contributed by atoms with van der Waals surface area (Å²) in [4.78, 5) is 14.7. The number of halogens is 2. The van der Waals surface area contributed by atoms with E-state index in [2.05, 4.69) is 4.72 Å². The summed E-state index contributed by atoms with van der Waals surface area (Å²) in [7, 11) is 0. The Morgan fingerprint density at radius 2 is 2.10 bits per heavy atom. The highest BCUT2D eigenvalue weighted by Crippen LogP contribution is 2.31. The molecule has 152 valence electrons. The fraction of sp³-hybridized carbons (Fsp3) is 0.250. The van der Waals surface area contributed by atoms with E-state index in [9.17, 15) is 18.8 Å². The van der Waals surface area contributed by atoms with Crippen molar-refractivity contribution >= 4 is 45.5 Å². The molecule has 2 heterocycles. The second kappa shape index (κ2) is 7.87. The lowest BCUT2D eigenvalue weighted by atomic mass is 10.1. The number of aliphatic hydroxyl groups excluding tert-OH is 1. The molecule has 6 nitrogen and oxygen atoms in total. The summed E-state index contributed by atoms with van der Waals surface area (Å²) in [6, 6.07) is 8.95. The monoisotopic (exact) mass is 436 g/mol. The number of nitrogens with one attached hydrogen (secondary N) is 1. The second-order valence-corrected chi connectivity index (χ2v) is 8.45. The molecule has 0 aliphatic carbocycles. The van der Waals surface area contributed by atoms with E-state index in [0.29, 0.717) is 11.3 Å². The molecule has 2 unspecified atom stereocenters. The highest BCUT2D eigenvalue weighted by atomic mass is 35.5. The van der Waals surface area contributed by atoms with Gasteiger partial charge in [0, 0.05) is 37.0 Å².